The van der Waals surface area contributed by atoms with Crippen molar-refractivity contribution in [2.75, 3.05) is 24.5 Å². The lowest BCUT2D eigenvalue weighted by Gasteiger charge is -2.36. The van der Waals surface area contributed by atoms with Gasteiger partial charge in [0.05, 0.1) is 0 Å². The van der Waals surface area contributed by atoms with E-state index in [4.69, 9.17) is 0 Å². The minimum atomic E-state index is 0.196. The van der Waals surface area contributed by atoms with Crippen molar-refractivity contribution in [1.29, 1.82) is 0 Å². The van der Waals surface area contributed by atoms with Gasteiger partial charge in [-0.15, -0.1) is 0 Å². The van der Waals surface area contributed by atoms with Crippen LogP contribution in [-0.2, 0) is 4.79 Å². The second-order valence-electron chi connectivity index (χ2n) is 5.80. The second kappa shape index (κ2) is 6.27. The Hall–Kier alpha value is -1.55. The predicted molar refractivity (Wildman–Crippen MR) is 80.8 cm³/mol. The number of carbonyl (C=O) groups excluding carboxylic acids is 1. The van der Waals surface area contributed by atoms with Crippen LogP contribution in [0, 0.1) is 0 Å². The zero-order valence-electron chi connectivity index (χ0n) is 11.8. The van der Waals surface area contributed by atoms with Crippen LogP contribution in [0.3, 0.4) is 0 Å². The van der Waals surface area contributed by atoms with Gasteiger partial charge in [0.15, 0.2) is 0 Å². The van der Waals surface area contributed by atoms with Gasteiger partial charge in [-0.05, 0) is 31.4 Å². The number of carbonyl (C=O) groups is 1. The molecule has 4 nitrogen and oxygen atoms in total. The summed E-state index contributed by atoms with van der Waals surface area (Å²) in [4.78, 5) is 13.6. The fourth-order valence-electron chi connectivity index (χ4n) is 3.15. The normalized spacial score (nSPS) is 24.5. The molecule has 1 unspecified atom stereocenters. The molecule has 0 saturated carbocycles. The molecule has 2 aliphatic heterocycles. The number of hydrogen-bond donors (Lipinski definition) is 2. The molecule has 1 aromatic rings. The van der Waals surface area contributed by atoms with Gasteiger partial charge in [0.2, 0.25) is 5.91 Å². The number of anilines is 1. The highest BCUT2D eigenvalue weighted by Gasteiger charge is 2.24. The summed E-state index contributed by atoms with van der Waals surface area (Å²) >= 11 is 0. The molecule has 2 heterocycles. The highest BCUT2D eigenvalue weighted by molar-refractivity contribution is 5.76. The minimum Gasteiger partial charge on any atom is -0.371 e. The van der Waals surface area contributed by atoms with Crippen LogP contribution in [0.4, 0.5) is 5.69 Å². The molecule has 108 valence electrons. The van der Waals surface area contributed by atoms with Gasteiger partial charge < -0.3 is 15.5 Å². The van der Waals surface area contributed by atoms with E-state index in [-0.39, 0.29) is 5.91 Å². The molecule has 3 rings (SSSR count). The van der Waals surface area contributed by atoms with Crippen LogP contribution in [0.2, 0.25) is 0 Å². The van der Waals surface area contributed by atoms with E-state index in [0.29, 0.717) is 18.5 Å². The second-order valence-corrected chi connectivity index (χ2v) is 5.80. The Balaban J connectivity index is 1.46. The monoisotopic (exact) mass is 273 g/mol. The first-order valence-corrected chi connectivity index (χ1v) is 7.64. The third-order valence-electron chi connectivity index (χ3n) is 4.35. The van der Waals surface area contributed by atoms with Crippen LogP contribution in [0.15, 0.2) is 30.3 Å². The molecule has 4 heteroatoms. The zero-order valence-corrected chi connectivity index (χ0v) is 11.8. The fourth-order valence-corrected chi connectivity index (χ4v) is 3.15. The van der Waals surface area contributed by atoms with E-state index in [2.05, 4.69) is 45.9 Å². The van der Waals surface area contributed by atoms with Gasteiger partial charge in [0.25, 0.3) is 0 Å². The van der Waals surface area contributed by atoms with Crippen molar-refractivity contribution in [1.82, 2.24) is 10.6 Å². The standard InChI is InChI=1S/C16H23N3O/c20-16-7-6-14(12-17-16)18-13-8-10-19(11-9-13)15-4-2-1-3-5-15/h1-5,13-14,18H,6-12H2,(H,17,20). The predicted octanol–water partition coefficient (Wildman–Crippen LogP) is 1.52. The maximum atomic E-state index is 11.2. The van der Waals surface area contributed by atoms with Gasteiger partial charge in [0, 0.05) is 43.8 Å². The largest absolute Gasteiger partial charge is 0.371 e. The fraction of sp³-hybridized carbons (Fsp3) is 0.562. The molecule has 2 fully saturated rings. The molecule has 2 N–H and O–H groups in total. The molecule has 0 spiro atoms. The van der Waals surface area contributed by atoms with Crippen molar-refractivity contribution in [3.05, 3.63) is 30.3 Å². The average Bonchev–Trinajstić information content (AvgIpc) is 2.51. The van der Waals surface area contributed by atoms with Gasteiger partial charge in [-0.3, -0.25) is 4.79 Å². The molecule has 1 atom stereocenters. The summed E-state index contributed by atoms with van der Waals surface area (Å²) in [5, 5.41) is 6.65. The summed E-state index contributed by atoms with van der Waals surface area (Å²) in [6, 6.07) is 11.7. The molecule has 20 heavy (non-hydrogen) atoms. The van der Waals surface area contributed by atoms with Gasteiger partial charge in [-0.25, -0.2) is 0 Å². The number of piperidine rings is 2. The number of para-hydroxylation sites is 1. The van der Waals surface area contributed by atoms with E-state index in [1.54, 1.807) is 0 Å². The first-order chi connectivity index (χ1) is 9.81. The SMILES string of the molecule is O=C1CCC(NC2CCN(c3ccccc3)CC2)CN1. The lowest BCUT2D eigenvalue weighted by atomic mass is 10.0. The van der Waals surface area contributed by atoms with Crippen LogP contribution < -0.4 is 15.5 Å². The molecule has 0 radical (unpaired) electrons. The zero-order chi connectivity index (χ0) is 13.8. The van der Waals surface area contributed by atoms with Crippen molar-refractivity contribution in [3.63, 3.8) is 0 Å². The summed E-state index contributed by atoms with van der Waals surface area (Å²) in [6.45, 7) is 3.01. The van der Waals surface area contributed by atoms with Crippen molar-refractivity contribution in [2.24, 2.45) is 0 Å². The number of amides is 1. The van der Waals surface area contributed by atoms with Crippen molar-refractivity contribution in [2.45, 2.75) is 37.8 Å². The number of benzene rings is 1. The molecular formula is C16H23N3O. The number of rotatable bonds is 3. The topological polar surface area (TPSA) is 44.4 Å². The van der Waals surface area contributed by atoms with E-state index in [1.807, 2.05) is 0 Å². The van der Waals surface area contributed by atoms with Gasteiger partial charge >= 0.3 is 0 Å². The third kappa shape index (κ3) is 3.31. The van der Waals surface area contributed by atoms with E-state index in [0.717, 1.165) is 26.1 Å². The first-order valence-electron chi connectivity index (χ1n) is 7.64. The van der Waals surface area contributed by atoms with Crippen LogP contribution in [-0.4, -0.2) is 37.6 Å². The minimum absolute atomic E-state index is 0.196. The first kappa shape index (κ1) is 13.4. The van der Waals surface area contributed by atoms with Gasteiger partial charge in [0.1, 0.15) is 0 Å². The maximum absolute atomic E-state index is 11.2. The van der Waals surface area contributed by atoms with Crippen molar-refractivity contribution >= 4 is 11.6 Å². The summed E-state index contributed by atoms with van der Waals surface area (Å²) in [7, 11) is 0. The Morgan fingerprint density at radius 1 is 1.05 bits per heavy atom. The number of nitrogens with one attached hydrogen (secondary N) is 2. The van der Waals surface area contributed by atoms with Gasteiger partial charge in [-0.1, -0.05) is 18.2 Å². The Labute approximate surface area is 120 Å². The third-order valence-corrected chi connectivity index (χ3v) is 4.35. The number of nitrogens with zero attached hydrogens (tertiary/aromatic N) is 1. The molecule has 1 aromatic carbocycles. The van der Waals surface area contributed by atoms with Crippen LogP contribution >= 0.6 is 0 Å². The summed E-state index contributed by atoms with van der Waals surface area (Å²) in [5.41, 5.74) is 1.33. The molecule has 2 aliphatic rings. The highest BCUT2D eigenvalue weighted by Crippen LogP contribution is 2.20. The van der Waals surface area contributed by atoms with E-state index in [9.17, 15) is 4.79 Å². The molecule has 2 saturated heterocycles. The van der Waals surface area contributed by atoms with Gasteiger partial charge in [-0.2, -0.15) is 0 Å². The molecular weight excluding hydrogens is 250 g/mol. The quantitative estimate of drug-likeness (QED) is 0.878. The number of hydrogen-bond acceptors (Lipinski definition) is 3. The van der Waals surface area contributed by atoms with E-state index >= 15 is 0 Å². The summed E-state index contributed by atoms with van der Waals surface area (Å²) in [6.07, 6.45) is 4.00. The van der Waals surface area contributed by atoms with Crippen LogP contribution in [0.5, 0.6) is 0 Å². The highest BCUT2D eigenvalue weighted by atomic mass is 16.1. The molecule has 0 bridgehead atoms. The van der Waals surface area contributed by atoms with Crippen molar-refractivity contribution < 1.29 is 4.79 Å². The van der Waals surface area contributed by atoms with Crippen LogP contribution in [0.1, 0.15) is 25.7 Å². The van der Waals surface area contributed by atoms with E-state index in [1.165, 1.54) is 18.5 Å². The van der Waals surface area contributed by atoms with Crippen LogP contribution in [0.25, 0.3) is 0 Å². The molecule has 1 amide bonds. The summed E-state index contributed by atoms with van der Waals surface area (Å²) in [5.74, 6) is 0.196. The molecule has 0 aromatic heterocycles. The lowest BCUT2D eigenvalue weighted by Crippen LogP contribution is -2.52. The Kier molecular flexibility index (Phi) is 4.21. The van der Waals surface area contributed by atoms with Crippen molar-refractivity contribution in [3.8, 4) is 0 Å². The van der Waals surface area contributed by atoms with E-state index < -0.39 is 0 Å². The summed E-state index contributed by atoms with van der Waals surface area (Å²) < 4.78 is 0. The Morgan fingerprint density at radius 3 is 2.45 bits per heavy atom. The smallest absolute Gasteiger partial charge is 0.220 e. The average molecular weight is 273 g/mol. The molecule has 0 aliphatic carbocycles. The Bertz CT molecular complexity index is 430. The maximum Gasteiger partial charge on any atom is 0.220 e. The lowest BCUT2D eigenvalue weighted by molar-refractivity contribution is -0.122. The Morgan fingerprint density at radius 2 is 1.80 bits per heavy atom.